The number of hydrogen-bond acceptors (Lipinski definition) is 2. The van der Waals surface area contributed by atoms with Gasteiger partial charge < -0.3 is 4.74 Å². The first-order valence-electron chi connectivity index (χ1n) is 5.03. The molecule has 0 spiro atoms. The Hall–Kier alpha value is -0.630. The van der Waals surface area contributed by atoms with Crippen molar-refractivity contribution in [1.82, 2.24) is 0 Å². The third kappa shape index (κ3) is 2.19. The topological polar surface area (TPSA) is 26.3 Å². The first kappa shape index (κ1) is 10.5. The van der Waals surface area contributed by atoms with E-state index in [4.69, 9.17) is 4.74 Å². The highest BCUT2D eigenvalue weighted by molar-refractivity contribution is 5.88. The van der Waals surface area contributed by atoms with E-state index in [1.165, 1.54) is 0 Å². The van der Waals surface area contributed by atoms with E-state index in [1.807, 2.05) is 6.92 Å². The fourth-order valence-electron chi connectivity index (χ4n) is 2.04. The quantitative estimate of drug-likeness (QED) is 0.610. The van der Waals surface area contributed by atoms with Gasteiger partial charge in [0.1, 0.15) is 5.60 Å². The summed E-state index contributed by atoms with van der Waals surface area (Å²) in [4.78, 5) is 11.8. The Balaban J connectivity index is 2.65. The van der Waals surface area contributed by atoms with Gasteiger partial charge in [-0.25, -0.2) is 0 Å². The monoisotopic (exact) mass is 182 g/mol. The minimum atomic E-state index is -0.455. The summed E-state index contributed by atoms with van der Waals surface area (Å²) in [5.41, 5.74) is -0.455. The lowest BCUT2D eigenvalue weighted by Gasteiger charge is -2.26. The molecule has 0 amide bonds. The highest BCUT2D eigenvalue weighted by Crippen LogP contribution is 2.34. The maximum absolute atomic E-state index is 11.8. The highest BCUT2D eigenvalue weighted by atomic mass is 16.5. The molecule has 0 radical (unpaired) electrons. The molecule has 1 aliphatic carbocycles. The van der Waals surface area contributed by atoms with E-state index >= 15 is 0 Å². The average Bonchev–Trinajstić information content (AvgIpc) is 2.55. The van der Waals surface area contributed by atoms with Gasteiger partial charge in [0.15, 0.2) is 5.78 Å². The molecule has 0 heterocycles. The lowest BCUT2D eigenvalue weighted by Crippen LogP contribution is -2.38. The zero-order chi connectivity index (χ0) is 9.73. The van der Waals surface area contributed by atoms with Crippen LogP contribution in [0.15, 0.2) is 12.7 Å². The number of ether oxygens (including phenoxy) is 1. The van der Waals surface area contributed by atoms with Crippen LogP contribution in [0.1, 0.15) is 39.0 Å². The Morgan fingerprint density at radius 3 is 2.62 bits per heavy atom. The number of hydrogen-bond donors (Lipinski definition) is 0. The molecular weight excluding hydrogens is 164 g/mol. The molecule has 0 bridgehead atoms. The predicted molar refractivity (Wildman–Crippen MR) is 52.6 cm³/mol. The van der Waals surface area contributed by atoms with E-state index < -0.39 is 5.60 Å². The van der Waals surface area contributed by atoms with E-state index in [2.05, 4.69) is 6.58 Å². The molecule has 1 saturated carbocycles. The van der Waals surface area contributed by atoms with Crippen molar-refractivity contribution < 1.29 is 9.53 Å². The van der Waals surface area contributed by atoms with Gasteiger partial charge in [-0.2, -0.15) is 0 Å². The molecule has 13 heavy (non-hydrogen) atoms. The first-order valence-corrected chi connectivity index (χ1v) is 5.03. The number of ketones is 1. The molecule has 1 aliphatic rings. The minimum absolute atomic E-state index is 0.210. The van der Waals surface area contributed by atoms with E-state index in [1.54, 1.807) is 6.08 Å². The van der Waals surface area contributed by atoms with Crippen molar-refractivity contribution in [1.29, 1.82) is 0 Å². The maximum atomic E-state index is 11.8. The van der Waals surface area contributed by atoms with Gasteiger partial charge in [0.2, 0.25) is 0 Å². The van der Waals surface area contributed by atoms with Gasteiger partial charge in [0.05, 0.1) is 0 Å². The zero-order valence-electron chi connectivity index (χ0n) is 8.34. The van der Waals surface area contributed by atoms with Gasteiger partial charge in [-0.3, -0.25) is 4.79 Å². The summed E-state index contributed by atoms with van der Waals surface area (Å²) >= 11 is 0. The van der Waals surface area contributed by atoms with Crippen LogP contribution >= 0.6 is 0 Å². The summed E-state index contributed by atoms with van der Waals surface area (Å²) in [6.07, 6.45) is 6.13. The number of allylic oxidation sites excluding steroid dienone is 1. The molecule has 0 aromatic rings. The summed E-state index contributed by atoms with van der Waals surface area (Å²) in [5, 5.41) is 0. The smallest absolute Gasteiger partial charge is 0.168 e. The number of Topliss-reactive ketones (excluding diaryl/α,β-unsaturated/α-hetero) is 1. The van der Waals surface area contributed by atoms with Crippen LogP contribution in [0, 0.1) is 0 Å². The lowest BCUT2D eigenvalue weighted by molar-refractivity contribution is -0.142. The molecule has 0 aromatic carbocycles. The van der Waals surface area contributed by atoms with Gasteiger partial charge in [-0.15, -0.1) is 6.58 Å². The predicted octanol–water partition coefficient (Wildman–Crippen LogP) is 2.48. The van der Waals surface area contributed by atoms with Gasteiger partial charge in [0, 0.05) is 13.0 Å². The fourth-order valence-corrected chi connectivity index (χ4v) is 2.04. The van der Waals surface area contributed by atoms with Crippen molar-refractivity contribution in [2.45, 2.75) is 44.6 Å². The molecule has 74 valence electrons. The van der Waals surface area contributed by atoms with Gasteiger partial charge in [-0.05, 0) is 32.6 Å². The van der Waals surface area contributed by atoms with Crippen LogP contribution in [0.4, 0.5) is 0 Å². The molecular formula is C11H18O2. The third-order valence-corrected chi connectivity index (χ3v) is 2.67. The normalized spacial score (nSPS) is 20.1. The lowest BCUT2D eigenvalue weighted by atomic mass is 9.94. The highest BCUT2D eigenvalue weighted by Gasteiger charge is 2.40. The Bertz CT molecular complexity index is 190. The summed E-state index contributed by atoms with van der Waals surface area (Å²) in [6, 6.07) is 0. The fraction of sp³-hybridized carbons (Fsp3) is 0.727. The molecule has 0 aliphatic heterocycles. The van der Waals surface area contributed by atoms with E-state index in [9.17, 15) is 4.79 Å². The molecule has 1 rings (SSSR count). The Kier molecular flexibility index (Phi) is 3.67. The largest absolute Gasteiger partial charge is 0.367 e. The van der Waals surface area contributed by atoms with Gasteiger partial charge in [0.25, 0.3) is 0 Å². The number of rotatable bonds is 5. The summed E-state index contributed by atoms with van der Waals surface area (Å²) in [5.74, 6) is 0.210. The maximum Gasteiger partial charge on any atom is 0.168 e. The van der Waals surface area contributed by atoms with Gasteiger partial charge in [-0.1, -0.05) is 6.08 Å². The Morgan fingerprint density at radius 1 is 1.54 bits per heavy atom. The van der Waals surface area contributed by atoms with Crippen molar-refractivity contribution in [3.8, 4) is 0 Å². The molecule has 0 aromatic heterocycles. The molecule has 1 fully saturated rings. The first-order chi connectivity index (χ1) is 6.25. The third-order valence-electron chi connectivity index (χ3n) is 2.67. The summed E-state index contributed by atoms with van der Waals surface area (Å²) in [6.45, 7) is 6.16. The minimum Gasteiger partial charge on any atom is -0.367 e. The standard InChI is InChI=1S/C11H18O2/c1-3-7-10(12)11(13-4-2)8-5-6-9-11/h3H,1,4-9H2,2H3. The van der Waals surface area contributed by atoms with E-state index in [0.717, 1.165) is 25.7 Å². The van der Waals surface area contributed by atoms with Crippen LogP contribution in [-0.4, -0.2) is 18.0 Å². The molecule has 0 saturated heterocycles. The van der Waals surface area contributed by atoms with Crippen molar-refractivity contribution in [2.24, 2.45) is 0 Å². The van der Waals surface area contributed by atoms with E-state index in [-0.39, 0.29) is 5.78 Å². The molecule has 0 N–H and O–H groups in total. The number of carbonyl (C=O) groups excluding carboxylic acids is 1. The summed E-state index contributed by atoms with van der Waals surface area (Å²) < 4.78 is 5.61. The van der Waals surface area contributed by atoms with Crippen LogP contribution < -0.4 is 0 Å². The van der Waals surface area contributed by atoms with Crippen LogP contribution in [0.5, 0.6) is 0 Å². The zero-order valence-corrected chi connectivity index (χ0v) is 8.34. The van der Waals surface area contributed by atoms with Crippen molar-refractivity contribution in [2.75, 3.05) is 6.61 Å². The number of carbonyl (C=O) groups is 1. The Labute approximate surface area is 80.0 Å². The second kappa shape index (κ2) is 4.56. The molecule has 2 nitrogen and oxygen atoms in total. The van der Waals surface area contributed by atoms with Crippen molar-refractivity contribution in [3.63, 3.8) is 0 Å². The van der Waals surface area contributed by atoms with Crippen molar-refractivity contribution in [3.05, 3.63) is 12.7 Å². The molecule has 0 unspecified atom stereocenters. The van der Waals surface area contributed by atoms with Crippen molar-refractivity contribution >= 4 is 5.78 Å². The van der Waals surface area contributed by atoms with Crippen LogP contribution in [0.25, 0.3) is 0 Å². The van der Waals surface area contributed by atoms with Crippen LogP contribution in [0.2, 0.25) is 0 Å². The van der Waals surface area contributed by atoms with E-state index in [0.29, 0.717) is 13.0 Å². The SMILES string of the molecule is C=CCC(=O)C1(OCC)CCCC1. The molecule has 2 heteroatoms. The summed E-state index contributed by atoms with van der Waals surface area (Å²) in [7, 11) is 0. The van der Waals surface area contributed by atoms with Crippen LogP contribution in [-0.2, 0) is 9.53 Å². The Morgan fingerprint density at radius 2 is 2.15 bits per heavy atom. The second-order valence-corrected chi connectivity index (χ2v) is 3.55. The second-order valence-electron chi connectivity index (χ2n) is 3.55. The van der Waals surface area contributed by atoms with Gasteiger partial charge >= 0.3 is 0 Å². The molecule has 0 atom stereocenters. The van der Waals surface area contributed by atoms with Crippen LogP contribution in [0.3, 0.4) is 0 Å². The average molecular weight is 182 g/mol.